The third-order valence-electron chi connectivity index (χ3n) is 8.43. The van der Waals surface area contributed by atoms with Crippen molar-refractivity contribution >= 4 is 54.4 Å². The van der Waals surface area contributed by atoms with Gasteiger partial charge in [-0.3, -0.25) is 0 Å². The van der Waals surface area contributed by atoms with E-state index in [1.165, 1.54) is 71.3 Å². The van der Waals surface area contributed by atoms with Gasteiger partial charge in [0.2, 0.25) is 0 Å². The van der Waals surface area contributed by atoms with Crippen molar-refractivity contribution in [1.29, 1.82) is 0 Å². The number of hydrogen-bond acceptors (Lipinski definition) is 0. The Bertz CT molecular complexity index is 2250. The molecule has 0 amide bonds. The second-order valence-electron chi connectivity index (χ2n) is 11.9. The molecule has 0 radical (unpaired) electrons. The predicted molar refractivity (Wildman–Crippen MR) is 171 cm³/mol. The molecule has 0 saturated heterocycles. The van der Waals surface area contributed by atoms with E-state index in [0.717, 1.165) is 0 Å². The zero-order chi connectivity index (χ0) is 27.0. The molecule has 2 heterocycles. The Morgan fingerprint density at radius 1 is 0.425 bits per heavy atom. The van der Waals surface area contributed by atoms with E-state index in [4.69, 9.17) is 0 Å². The topological polar surface area (TPSA) is 9.86 Å². The molecular weight excluding hydrogens is 484 g/mol. The molecule has 2 aromatic heterocycles. The Balaban J connectivity index is 1.59. The zero-order valence-corrected chi connectivity index (χ0v) is 23.0. The van der Waals surface area contributed by atoms with Crippen molar-refractivity contribution in [2.24, 2.45) is 0 Å². The SMILES string of the molecule is CC(C)(C)c1cccc(-n2c3ccccc3c3ccc4c5ccccc5n(-c5ccc6ccccc6c5)c4c32)c1. The van der Waals surface area contributed by atoms with Crippen LogP contribution in [0.4, 0.5) is 0 Å². The fraction of sp³-hybridized carbons (Fsp3) is 0.105. The molecule has 0 bridgehead atoms. The van der Waals surface area contributed by atoms with E-state index in [1.54, 1.807) is 0 Å². The van der Waals surface area contributed by atoms with Crippen molar-refractivity contribution in [3.8, 4) is 11.4 Å². The third-order valence-corrected chi connectivity index (χ3v) is 8.43. The summed E-state index contributed by atoms with van der Waals surface area (Å²) in [6.07, 6.45) is 0. The van der Waals surface area contributed by atoms with Crippen molar-refractivity contribution < 1.29 is 0 Å². The van der Waals surface area contributed by atoms with Crippen LogP contribution < -0.4 is 0 Å². The molecule has 0 saturated carbocycles. The fourth-order valence-corrected chi connectivity index (χ4v) is 6.46. The lowest BCUT2D eigenvalue weighted by Gasteiger charge is -2.20. The first-order valence-corrected chi connectivity index (χ1v) is 14.0. The van der Waals surface area contributed by atoms with Crippen LogP contribution in [0.3, 0.4) is 0 Å². The summed E-state index contributed by atoms with van der Waals surface area (Å²) in [4.78, 5) is 0. The highest BCUT2D eigenvalue weighted by Gasteiger charge is 2.22. The van der Waals surface area contributed by atoms with E-state index in [1.807, 2.05) is 0 Å². The quantitative estimate of drug-likeness (QED) is 0.217. The molecule has 8 aromatic rings. The third kappa shape index (κ3) is 3.29. The average molecular weight is 515 g/mol. The van der Waals surface area contributed by atoms with E-state index < -0.39 is 0 Å². The minimum atomic E-state index is 0.0596. The number of aromatic nitrogens is 2. The fourth-order valence-electron chi connectivity index (χ4n) is 6.46. The van der Waals surface area contributed by atoms with Crippen molar-refractivity contribution in [1.82, 2.24) is 9.13 Å². The summed E-state index contributed by atoms with van der Waals surface area (Å²) in [5.41, 5.74) is 8.70. The van der Waals surface area contributed by atoms with Gasteiger partial charge >= 0.3 is 0 Å². The van der Waals surface area contributed by atoms with Crippen molar-refractivity contribution in [3.05, 3.63) is 133 Å². The van der Waals surface area contributed by atoms with Crippen LogP contribution in [0.5, 0.6) is 0 Å². The lowest BCUT2D eigenvalue weighted by atomic mass is 9.87. The van der Waals surface area contributed by atoms with Crippen molar-refractivity contribution in [3.63, 3.8) is 0 Å². The first-order chi connectivity index (χ1) is 19.5. The van der Waals surface area contributed by atoms with E-state index >= 15 is 0 Å². The number of hydrogen-bond donors (Lipinski definition) is 0. The van der Waals surface area contributed by atoms with Gasteiger partial charge in [-0.05, 0) is 58.1 Å². The van der Waals surface area contributed by atoms with Gasteiger partial charge in [-0.1, -0.05) is 112 Å². The first-order valence-electron chi connectivity index (χ1n) is 14.0. The highest BCUT2D eigenvalue weighted by Crippen LogP contribution is 2.42. The van der Waals surface area contributed by atoms with Crippen LogP contribution in [-0.2, 0) is 5.41 Å². The zero-order valence-electron chi connectivity index (χ0n) is 23.0. The summed E-state index contributed by atoms with van der Waals surface area (Å²) < 4.78 is 4.96. The van der Waals surface area contributed by atoms with E-state index in [-0.39, 0.29) is 5.41 Å². The Hall–Kier alpha value is -4.82. The molecule has 2 nitrogen and oxygen atoms in total. The Labute approximate surface area is 233 Å². The Morgan fingerprint density at radius 2 is 0.975 bits per heavy atom. The molecule has 6 aromatic carbocycles. The van der Waals surface area contributed by atoms with E-state index in [9.17, 15) is 0 Å². The summed E-state index contributed by atoms with van der Waals surface area (Å²) in [5.74, 6) is 0. The molecule has 0 N–H and O–H groups in total. The number of fused-ring (bicyclic) bond motifs is 8. The second-order valence-corrected chi connectivity index (χ2v) is 11.9. The Kier molecular flexibility index (Phi) is 4.82. The highest BCUT2D eigenvalue weighted by atomic mass is 15.0. The van der Waals surface area contributed by atoms with E-state index in [0.29, 0.717) is 0 Å². The summed E-state index contributed by atoms with van der Waals surface area (Å²) >= 11 is 0. The van der Waals surface area contributed by atoms with Crippen LogP contribution in [-0.4, -0.2) is 9.13 Å². The van der Waals surface area contributed by atoms with Gasteiger partial charge in [0.25, 0.3) is 0 Å². The number of benzene rings is 6. The standard InChI is InChI=1S/C38H30N2/c1-38(2,3)27-13-10-14-28(24-27)39-34-17-8-6-15-30(34)32-21-22-33-31-16-7-9-18-35(31)40(37(33)36(32)39)29-20-19-25-11-4-5-12-26(25)23-29/h4-24H,1-3H3. The molecule has 0 unspecified atom stereocenters. The van der Waals surface area contributed by atoms with Gasteiger partial charge in [0.05, 0.1) is 22.1 Å². The number of nitrogens with zero attached hydrogens (tertiary/aromatic N) is 2. The minimum Gasteiger partial charge on any atom is -0.307 e. The lowest BCUT2D eigenvalue weighted by molar-refractivity contribution is 0.590. The van der Waals surface area contributed by atoms with Gasteiger partial charge in [-0.2, -0.15) is 0 Å². The maximum absolute atomic E-state index is 2.48. The van der Waals surface area contributed by atoms with E-state index in [2.05, 4.69) is 157 Å². The van der Waals surface area contributed by atoms with Gasteiger partial charge in [0.15, 0.2) is 0 Å². The van der Waals surface area contributed by atoms with Gasteiger partial charge in [0, 0.05) is 32.9 Å². The molecule has 0 aliphatic rings. The molecule has 40 heavy (non-hydrogen) atoms. The summed E-state index contributed by atoms with van der Waals surface area (Å²) in [5, 5.41) is 7.59. The van der Waals surface area contributed by atoms with Gasteiger partial charge in [-0.15, -0.1) is 0 Å². The predicted octanol–water partition coefficient (Wildman–Crippen LogP) is 10.3. The van der Waals surface area contributed by atoms with Crippen LogP contribution >= 0.6 is 0 Å². The molecule has 192 valence electrons. The van der Waals surface area contributed by atoms with Gasteiger partial charge in [0.1, 0.15) is 0 Å². The van der Waals surface area contributed by atoms with Crippen molar-refractivity contribution in [2.45, 2.75) is 26.2 Å². The molecule has 0 aliphatic carbocycles. The maximum Gasteiger partial charge on any atom is 0.0788 e. The molecule has 0 atom stereocenters. The maximum atomic E-state index is 2.48. The van der Waals surface area contributed by atoms with Gasteiger partial charge in [-0.25, -0.2) is 0 Å². The van der Waals surface area contributed by atoms with Crippen LogP contribution in [0.1, 0.15) is 26.3 Å². The molecule has 2 heteroatoms. The average Bonchev–Trinajstić information content (AvgIpc) is 3.50. The molecule has 0 aliphatic heterocycles. The molecule has 0 spiro atoms. The van der Waals surface area contributed by atoms with Crippen LogP contribution in [0.25, 0.3) is 65.8 Å². The van der Waals surface area contributed by atoms with Gasteiger partial charge < -0.3 is 9.13 Å². The minimum absolute atomic E-state index is 0.0596. The highest BCUT2D eigenvalue weighted by molar-refractivity contribution is 6.23. The molecule has 8 rings (SSSR count). The normalized spacial score (nSPS) is 12.4. The largest absolute Gasteiger partial charge is 0.307 e. The Morgan fingerprint density at radius 3 is 1.60 bits per heavy atom. The first kappa shape index (κ1) is 23.1. The number of para-hydroxylation sites is 2. The molecular formula is C38H30N2. The smallest absolute Gasteiger partial charge is 0.0788 e. The van der Waals surface area contributed by atoms with Crippen molar-refractivity contribution in [2.75, 3.05) is 0 Å². The number of rotatable bonds is 2. The summed E-state index contributed by atoms with van der Waals surface area (Å²) in [6.45, 7) is 6.86. The summed E-state index contributed by atoms with van der Waals surface area (Å²) in [6, 6.07) is 46.8. The van der Waals surface area contributed by atoms with Crippen LogP contribution in [0, 0.1) is 0 Å². The van der Waals surface area contributed by atoms with Crippen LogP contribution in [0.15, 0.2) is 127 Å². The second kappa shape index (κ2) is 8.34. The molecule has 0 fully saturated rings. The monoisotopic (exact) mass is 514 g/mol. The summed E-state index contributed by atoms with van der Waals surface area (Å²) in [7, 11) is 0. The van der Waals surface area contributed by atoms with Crippen LogP contribution in [0.2, 0.25) is 0 Å². The lowest BCUT2D eigenvalue weighted by Crippen LogP contribution is -2.11.